The van der Waals surface area contributed by atoms with Gasteiger partial charge in [0, 0.05) is 0 Å². The van der Waals surface area contributed by atoms with Gasteiger partial charge in [0.25, 0.3) is 0 Å². The maximum Gasteiger partial charge on any atom is 0.245 e. The molecule has 1 aromatic carbocycles. The molecule has 1 rings (SSSR count). The summed E-state index contributed by atoms with van der Waals surface area (Å²) in [6, 6.07) is 9.52. The van der Waals surface area contributed by atoms with Crippen LogP contribution in [0.15, 0.2) is 36.4 Å². The zero-order chi connectivity index (χ0) is 11.7. The van der Waals surface area contributed by atoms with Gasteiger partial charge in [-0.1, -0.05) is 36.4 Å². The Labute approximate surface area is 96.2 Å². The number of halogens is 1. The van der Waals surface area contributed by atoms with Gasteiger partial charge in [0.15, 0.2) is 0 Å². The first-order chi connectivity index (χ1) is 7.02. The molecule has 0 heterocycles. The Hall–Kier alpha value is -1.12. The maximum atomic E-state index is 10.3. The lowest BCUT2D eigenvalue weighted by Crippen LogP contribution is -1.99. The third-order valence-electron chi connectivity index (χ3n) is 1.21. The normalized spacial score (nSPS) is 9.93. The van der Waals surface area contributed by atoms with Gasteiger partial charge in [0.2, 0.25) is 5.24 Å². The molecule has 0 saturated heterocycles. The van der Waals surface area contributed by atoms with E-state index in [0.29, 0.717) is 0 Å². The molecule has 1 aromatic rings. The second kappa shape index (κ2) is 8.21. The molecule has 0 amide bonds. The standard InChI is InChI=1S/C9H7ClO.C3H9N/c10-9(11)7-6-8-4-2-1-3-5-8;1-4(2)3/h1-7H;1-3H3. The van der Waals surface area contributed by atoms with E-state index in [1.165, 1.54) is 6.08 Å². The molecule has 3 heteroatoms. The molecule has 2 nitrogen and oxygen atoms in total. The monoisotopic (exact) mass is 225 g/mol. The lowest BCUT2D eigenvalue weighted by atomic mass is 10.2. The number of benzene rings is 1. The molecule has 0 spiro atoms. The fraction of sp³-hybridized carbons (Fsp3) is 0.250. The average Bonchev–Trinajstić information content (AvgIpc) is 2.15. The van der Waals surface area contributed by atoms with Crippen molar-refractivity contribution in [2.24, 2.45) is 0 Å². The van der Waals surface area contributed by atoms with Crippen LogP contribution in [-0.4, -0.2) is 31.3 Å². The molecule has 0 aliphatic carbocycles. The number of carbonyl (C=O) groups is 1. The molecule has 0 bridgehead atoms. The molecule has 0 aliphatic heterocycles. The maximum absolute atomic E-state index is 10.3. The van der Waals surface area contributed by atoms with Crippen molar-refractivity contribution in [2.45, 2.75) is 0 Å². The Bertz CT molecular complexity index is 304. The summed E-state index contributed by atoms with van der Waals surface area (Å²) >= 11 is 5.10. The average molecular weight is 226 g/mol. The molecule has 0 atom stereocenters. The summed E-state index contributed by atoms with van der Waals surface area (Å²) in [4.78, 5) is 12.3. The van der Waals surface area contributed by atoms with E-state index in [0.717, 1.165) is 5.56 Å². The predicted octanol–water partition coefficient (Wildman–Crippen LogP) is 2.64. The van der Waals surface area contributed by atoms with Crippen LogP contribution in [0, 0.1) is 0 Å². The van der Waals surface area contributed by atoms with Crippen LogP contribution in [0.5, 0.6) is 0 Å². The minimum absolute atomic E-state index is 0.450. The smallest absolute Gasteiger partial charge is 0.245 e. The first-order valence-corrected chi connectivity index (χ1v) is 4.93. The molecule has 0 fully saturated rings. The topological polar surface area (TPSA) is 20.3 Å². The van der Waals surface area contributed by atoms with E-state index in [4.69, 9.17) is 11.6 Å². The molecule has 0 N–H and O–H groups in total. The van der Waals surface area contributed by atoms with Crippen LogP contribution in [0.25, 0.3) is 6.08 Å². The van der Waals surface area contributed by atoms with Crippen LogP contribution in [0.2, 0.25) is 0 Å². The second-order valence-electron chi connectivity index (χ2n) is 3.39. The number of hydrogen-bond acceptors (Lipinski definition) is 2. The number of nitrogens with zero attached hydrogens (tertiary/aromatic N) is 1. The van der Waals surface area contributed by atoms with Gasteiger partial charge in [-0.2, -0.15) is 0 Å². The highest BCUT2D eigenvalue weighted by atomic mass is 35.5. The number of rotatable bonds is 2. The van der Waals surface area contributed by atoms with Gasteiger partial charge in [-0.15, -0.1) is 0 Å². The molecule has 0 aliphatic rings. The molecular formula is C12H16ClNO. The SMILES string of the molecule is CN(C)C.O=C(Cl)C=Cc1ccccc1. The zero-order valence-corrected chi connectivity index (χ0v) is 10.0. The fourth-order valence-electron chi connectivity index (χ4n) is 0.726. The minimum Gasteiger partial charge on any atom is -0.312 e. The summed E-state index contributed by atoms with van der Waals surface area (Å²) in [7, 11) is 6.00. The number of hydrogen-bond donors (Lipinski definition) is 0. The van der Waals surface area contributed by atoms with Crippen molar-refractivity contribution < 1.29 is 4.79 Å². The molecule has 15 heavy (non-hydrogen) atoms. The van der Waals surface area contributed by atoms with Crippen molar-refractivity contribution in [2.75, 3.05) is 21.1 Å². The highest BCUT2D eigenvalue weighted by Gasteiger charge is 1.85. The van der Waals surface area contributed by atoms with E-state index in [9.17, 15) is 4.79 Å². The zero-order valence-electron chi connectivity index (χ0n) is 9.27. The van der Waals surface area contributed by atoms with Crippen molar-refractivity contribution >= 4 is 22.9 Å². The van der Waals surface area contributed by atoms with Crippen molar-refractivity contribution in [3.05, 3.63) is 42.0 Å². The van der Waals surface area contributed by atoms with Crippen LogP contribution in [-0.2, 0) is 4.79 Å². The minimum atomic E-state index is -0.450. The van der Waals surface area contributed by atoms with Gasteiger partial charge in [-0.3, -0.25) is 4.79 Å². The summed E-state index contributed by atoms with van der Waals surface area (Å²) < 4.78 is 0. The van der Waals surface area contributed by atoms with Gasteiger partial charge < -0.3 is 4.90 Å². The first-order valence-electron chi connectivity index (χ1n) is 4.56. The summed E-state index contributed by atoms with van der Waals surface area (Å²) in [5, 5.41) is -0.450. The van der Waals surface area contributed by atoms with Crippen molar-refractivity contribution in [3.8, 4) is 0 Å². The Balaban J connectivity index is 0.000000423. The van der Waals surface area contributed by atoms with Gasteiger partial charge in [-0.25, -0.2) is 0 Å². The predicted molar refractivity (Wildman–Crippen MR) is 65.9 cm³/mol. The number of allylic oxidation sites excluding steroid dienone is 1. The Morgan fingerprint density at radius 3 is 2.07 bits per heavy atom. The van der Waals surface area contributed by atoms with Crippen molar-refractivity contribution in [1.29, 1.82) is 0 Å². The van der Waals surface area contributed by atoms with Crippen molar-refractivity contribution in [3.63, 3.8) is 0 Å². The summed E-state index contributed by atoms with van der Waals surface area (Å²) in [5.74, 6) is 0. The lowest BCUT2D eigenvalue weighted by Gasteiger charge is -1.90. The lowest BCUT2D eigenvalue weighted by molar-refractivity contribution is -0.107. The van der Waals surface area contributed by atoms with Gasteiger partial charge >= 0.3 is 0 Å². The Morgan fingerprint density at radius 2 is 1.67 bits per heavy atom. The van der Waals surface area contributed by atoms with Gasteiger partial charge in [-0.05, 0) is 44.4 Å². The molecule has 0 radical (unpaired) electrons. The van der Waals surface area contributed by atoms with Crippen LogP contribution < -0.4 is 0 Å². The van der Waals surface area contributed by atoms with E-state index in [2.05, 4.69) is 0 Å². The van der Waals surface area contributed by atoms with E-state index in [1.807, 2.05) is 56.4 Å². The number of carbonyl (C=O) groups excluding carboxylic acids is 1. The van der Waals surface area contributed by atoms with Crippen LogP contribution in [0.1, 0.15) is 5.56 Å². The van der Waals surface area contributed by atoms with Gasteiger partial charge in [0.05, 0.1) is 0 Å². The van der Waals surface area contributed by atoms with Crippen molar-refractivity contribution in [1.82, 2.24) is 4.90 Å². The van der Waals surface area contributed by atoms with E-state index in [1.54, 1.807) is 6.08 Å². The highest BCUT2D eigenvalue weighted by molar-refractivity contribution is 6.66. The Morgan fingerprint density at radius 1 is 1.20 bits per heavy atom. The van der Waals surface area contributed by atoms with Crippen LogP contribution in [0.4, 0.5) is 0 Å². The van der Waals surface area contributed by atoms with E-state index in [-0.39, 0.29) is 0 Å². The summed E-state index contributed by atoms with van der Waals surface area (Å²) in [6.07, 6.45) is 3.01. The van der Waals surface area contributed by atoms with Crippen LogP contribution >= 0.6 is 11.6 Å². The van der Waals surface area contributed by atoms with E-state index >= 15 is 0 Å². The highest BCUT2D eigenvalue weighted by Crippen LogP contribution is 2.01. The molecule has 0 aromatic heterocycles. The molecule has 0 saturated carbocycles. The quantitative estimate of drug-likeness (QED) is 0.570. The fourth-order valence-corrected chi connectivity index (χ4v) is 0.789. The van der Waals surface area contributed by atoms with E-state index < -0.39 is 5.24 Å². The third kappa shape index (κ3) is 10.8. The van der Waals surface area contributed by atoms with Crippen LogP contribution in [0.3, 0.4) is 0 Å². The molecular weight excluding hydrogens is 210 g/mol. The first kappa shape index (κ1) is 13.9. The molecule has 82 valence electrons. The molecule has 0 unspecified atom stereocenters. The Kier molecular flexibility index (Phi) is 7.60. The summed E-state index contributed by atoms with van der Waals surface area (Å²) in [5.41, 5.74) is 0.974. The summed E-state index contributed by atoms with van der Waals surface area (Å²) in [6.45, 7) is 0. The van der Waals surface area contributed by atoms with Gasteiger partial charge in [0.1, 0.15) is 0 Å². The second-order valence-corrected chi connectivity index (χ2v) is 3.76. The third-order valence-corrected chi connectivity index (χ3v) is 1.33. The largest absolute Gasteiger partial charge is 0.312 e.